The average Bonchev–Trinajstić information content (AvgIpc) is 2.59. The summed E-state index contributed by atoms with van der Waals surface area (Å²) in [7, 11) is 0. The highest BCUT2D eigenvalue weighted by atomic mass is 16.2. The van der Waals surface area contributed by atoms with Crippen molar-refractivity contribution in [2.45, 2.75) is 58.7 Å². The lowest BCUT2D eigenvalue weighted by atomic mass is 10.0. The van der Waals surface area contributed by atoms with Crippen LogP contribution in [0.3, 0.4) is 0 Å². The first-order chi connectivity index (χ1) is 8.79. The zero-order valence-electron chi connectivity index (χ0n) is 12.0. The molecule has 1 saturated heterocycles. The first-order valence-corrected chi connectivity index (χ1v) is 6.70. The Morgan fingerprint density at radius 1 is 1.42 bits per heavy atom. The number of likely N-dealkylation sites (tertiary alicyclic amines) is 1. The van der Waals surface area contributed by atoms with Crippen LogP contribution in [-0.2, 0) is 14.4 Å². The van der Waals surface area contributed by atoms with Crippen molar-refractivity contribution in [2.24, 2.45) is 11.7 Å². The topological polar surface area (TPSA) is 92.5 Å². The lowest BCUT2D eigenvalue weighted by Crippen LogP contribution is -2.52. The van der Waals surface area contributed by atoms with E-state index in [1.54, 1.807) is 0 Å². The lowest BCUT2D eigenvalue weighted by Gasteiger charge is -2.24. The fourth-order valence-corrected chi connectivity index (χ4v) is 2.25. The predicted molar refractivity (Wildman–Crippen MR) is 71.0 cm³/mol. The standard InChI is InChI=1S/C13H23N3O3/c1-5-8(4)16-10(17)6-9(13(16)19)15-11(7(2)3)12(14)18/h7-9,11,15H,5-6H2,1-4H3,(H2,14,18). The molecule has 108 valence electrons. The second-order valence-corrected chi connectivity index (χ2v) is 5.41. The van der Waals surface area contributed by atoms with Crippen molar-refractivity contribution in [1.29, 1.82) is 0 Å². The zero-order valence-corrected chi connectivity index (χ0v) is 12.0. The van der Waals surface area contributed by atoms with Crippen LogP contribution in [0.15, 0.2) is 0 Å². The molecule has 19 heavy (non-hydrogen) atoms. The molecule has 0 aromatic carbocycles. The Labute approximate surface area is 113 Å². The molecule has 3 amide bonds. The largest absolute Gasteiger partial charge is 0.368 e. The highest BCUT2D eigenvalue weighted by Gasteiger charge is 2.42. The normalized spacial score (nSPS) is 23.0. The van der Waals surface area contributed by atoms with E-state index in [0.29, 0.717) is 6.42 Å². The molecule has 3 atom stereocenters. The van der Waals surface area contributed by atoms with E-state index in [-0.39, 0.29) is 30.2 Å². The van der Waals surface area contributed by atoms with Crippen LogP contribution in [-0.4, -0.2) is 40.7 Å². The molecule has 3 N–H and O–H groups in total. The smallest absolute Gasteiger partial charge is 0.247 e. The Bertz CT molecular complexity index is 381. The van der Waals surface area contributed by atoms with Crippen molar-refractivity contribution in [3.8, 4) is 0 Å². The Kier molecular flexibility index (Phi) is 5.05. The van der Waals surface area contributed by atoms with Gasteiger partial charge in [0.05, 0.1) is 18.5 Å². The van der Waals surface area contributed by atoms with E-state index in [1.807, 2.05) is 27.7 Å². The molecule has 0 spiro atoms. The summed E-state index contributed by atoms with van der Waals surface area (Å²) >= 11 is 0. The van der Waals surface area contributed by atoms with Crippen LogP contribution in [0.4, 0.5) is 0 Å². The van der Waals surface area contributed by atoms with E-state index < -0.39 is 18.0 Å². The fourth-order valence-electron chi connectivity index (χ4n) is 2.25. The second-order valence-electron chi connectivity index (χ2n) is 5.41. The van der Waals surface area contributed by atoms with Gasteiger partial charge in [0, 0.05) is 6.04 Å². The molecule has 3 unspecified atom stereocenters. The Morgan fingerprint density at radius 3 is 2.42 bits per heavy atom. The van der Waals surface area contributed by atoms with Crippen LogP contribution in [0.2, 0.25) is 0 Å². The van der Waals surface area contributed by atoms with Crippen molar-refractivity contribution in [1.82, 2.24) is 10.2 Å². The minimum absolute atomic E-state index is 0.0296. The molecular formula is C13H23N3O3. The maximum atomic E-state index is 12.2. The number of imide groups is 1. The van der Waals surface area contributed by atoms with E-state index in [4.69, 9.17) is 5.73 Å². The van der Waals surface area contributed by atoms with Crippen molar-refractivity contribution in [3.63, 3.8) is 0 Å². The van der Waals surface area contributed by atoms with Gasteiger partial charge in [-0.3, -0.25) is 24.6 Å². The first-order valence-electron chi connectivity index (χ1n) is 6.70. The van der Waals surface area contributed by atoms with E-state index in [9.17, 15) is 14.4 Å². The molecular weight excluding hydrogens is 246 g/mol. The summed E-state index contributed by atoms with van der Waals surface area (Å²) in [5, 5.41) is 2.92. The van der Waals surface area contributed by atoms with Gasteiger partial charge in [0.2, 0.25) is 17.7 Å². The van der Waals surface area contributed by atoms with E-state index in [2.05, 4.69) is 5.32 Å². The number of nitrogens with two attached hydrogens (primary N) is 1. The number of primary amides is 1. The molecule has 6 nitrogen and oxygen atoms in total. The minimum Gasteiger partial charge on any atom is -0.368 e. The molecule has 0 aromatic heterocycles. The third kappa shape index (κ3) is 3.32. The summed E-state index contributed by atoms with van der Waals surface area (Å²) in [4.78, 5) is 36.7. The number of carbonyl (C=O) groups is 3. The highest BCUT2D eigenvalue weighted by Crippen LogP contribution is 2.19. The van der Waals surface area contributed by atoms with Gasteiger partial charge in [-0.1, -0.05) is 20.8 Å². The molecule has 1 fully saturated rings. The van der Waals surface area contributed by atoms with Gasteiger partial charge in [-0.05, 0) is 19.3 Å². The van der Waals surface area contributed by atoms with E-state index in [0.717, 1.165) is 0 Å². The van der Waals surface area contributed by atoms with Crippen LogP contribution >= 0.6 is 0 Å². The lowest BCUT2D eigenvalue weighted by molar-refractivity contribution is -0.141. The number of hydrogen-bond acceptors (Lipinski definition) is 4. The summed E-state index contributed by atoms with van der Waals surface area (Å²) in [6.45, 7) is 7.45. The molecule has 1 aliphatic heterocycles. The number of rotatable bonds is 6. The molecule has 0 aromatic rings. The second kappa shape index (κ2) is 6.14. The highest BCUT2D eigenvalue weighted by molar-refractivity contribution is 6.06. The Hall–Kier alpha value is -1.43. The molecule has 0 bridgehead atoms. The predicted octanol–water partition coefficient (Wildman–Crippen LogP) is 0.0119. The van der Waals surface area contributed by atoms with Gasteiger partial charge in [0.1, 0.15) is 0 Å². The van der Waals surface area contributed by atoms with Gasteiger partial charge in [0.25, 0.3) is 0 Å². The van der Waals surface area contributed by atoms with Gasteiger partial charge in [-0.2, -0.15) is 0 Å². The summed E-state index contributed by atoms with van der Waals surface area (Å²) in [6.07, 6.45) is 0.813. The minimum atomic E-state index is -0.638. The number of carbonyl (C=O) groups excluding carboxylic acids is 3. The fraction of sp³-hybridized carbons (Fsp3) is 0.769. The maximum absolute atomic E-state index is 12.2. The van der Waals surface area contributed by atoms with Gasteiger partial charge in [-0.25, -0.2) is 0 Å². The molecule has 0 radical (unpaired) electrons. The summed E-state index contributed by atoms with van der Waals surface area (Å²) < 4.78 is 0. The monoisotopic (exact) mass is 269 g/mol. The summed E-state index contributed by atoms with van der Waals surface area (Å²) in [5.41, 5.74) is 5.31. The summed E-state index contributed by atoms with van der Waals surface area (Å²) in [5.74, 6) is -0.981. The van der Waals surface area contributed by atoms with Crippen LogP contribution in [0.5, 0.6) is 0 Å². The number of amides is 3. The van der Waals surface area contributed by atoms with Crippen molar-refractivity contribution in [3.05, 3.63) is 0 Å². The quantitative estimate of drug-likeness (QED) is 0.664. The molecule has 0 saturated carbocycles. The molecule has 1 aliphatic rings. The van der Waals surface area contributed by atoms with Crippen molar-refractivity contribution >= 4 is 17.7 Å². The SMILES string of the molecule is CCC(C)N1C(=O)CC(NC(C(N)=O)C(C)C)C1=O. The number of nitrogens with one attached hydrogen (secondary N) is 1. The zero-order chi connectivity index (χ0) is 14.7. The molecule has 0 aliphatic carbocycles. The Balaban J connectivity index is 2.79. The van der Waals surface area contributed by atoms with E-state index >= 15 is 0 Å². The molecule has 1 rings (SSSR count). The molecule has 6 heteroatoms. The first kappa shape index (κ1) is 15.6. The van der Waals surface area contributed by atoms with Crippen LogP contribution in [0.1, 0.15) is 40.5 Å². The molecule has 1 heterocycles. The van der Waals surface area contributed by atoms with Gasteiger partial charge < -0.3 is 5.73 Å². The van der Waals surface area contributed by atoms with Crippen molar-refractivity contribution in [2.75, 3.05) is 0 Å². The van der Waals surface area contributed by atoms with Gasteiger partial charge in [0.15, 0.2) is 0 Å². The number of nitrogens with zero attached hydrogens (tertiary/aromatic N) is 1. The third-order valence-electron chi connectivity index (χ3n) is 3.57. The van der Waals surface area contributed by atoms with Crippen LogP contribution in [0.25, 0.3) is 0 Å². The van der Waals surface area contributed by atoms with Gasteiger partial charge >= 0.3 is 0 Å². The Morgan fingerprint density at radius 2 is 2.00 bits per heavy atom. The number of hydrogen-bond donors (Lipinski definition) is 2. The van der Waals surface area contributed by atoms with Crippen LogP contribution in [0, 0.1) is 5.92 Å². The van der Waals surface area contributed by atoms with Crippen molar-refractivity contribution < 1.29 is 14.4 Å². The van der Waals surface area contributed by atoms with E-state index in [1.165, 1.54) is 4.90 Å². The summed E-state index contributed by atoms with van der Waals surface area (Å²) in [6, 6.07) is -1.35. The van der Waals surface area contributed by atoms with Crippen LogP contribution < -0.4 is 11.1 Å². The van der Waals surface area contributed by atoms with Gasteiger partial charge in [-0.15, -0.1) is 0 Å². The maximum Gasteiger partial charge on any atom is 0.247 e. The third-order valence-corrected chi connectivity index (χ3v) is 3.57. The average molecular weight is 269 g/mol.